The number of nitrogens with zero attached hydrogens (tertiary/aromatic N) is 1. The average molecular weight is 547 g/mol. The molecule has 11 heteroatoms. The highest BCUT2D eigenvalue weighted by atomic mass is 35.5. The van der Waals surface area contributed by atoms with Crippen molar-refractivity contribution in [3.63, 3.8) is 0 Å². The minimum absolute atomic E-state index is 0.0418. The average Bonchev–Trinajstić information content (AvgIpc) is 2.79. The summed E-state index contributed by atoms with van der Waals surface area (Å²) in [6, 6.07) is 7.43. The summed E-state index contributed by atoms with van der Waals surface area (Å²) < 4.78 is 47.5. The van der Waals surface area contributed by atoms with Gasteiger partial charge >= 0.3 is 5.97 Å². The van der Waals surface area contributed by atoms with E-state index in [1.54, 1.807) is 6.92 Å². The second kappa shape index (κ2) is 12.6. The van der Waals surface area contributed by atoms with E-state index in [-0.39, 0.29) is 34.4 Å². The van der Waals surface area contributed by atoms with Gasteiger partial charge in [-0.2, -0.15) is 0 Å². The number of halogens is 3. The highest BCUT2D eigenvalue weighted by Gasteiger charge is 2.32. The van der Waals surface area contributed by atoms with Crippen LogP contribution in [0.5, 0.6) is 0 Å². The number of ether oxygens (including phenoxy) is 1. The largest absolute Gasteiger partial charge is 0.467 e. The molecule has 0 radical (unpaired) electrons. The summed E-state index contributed by atoms with van der Waals surface area (Å²) >= 11 is 11.9. The molecule has 0 spiro atoms. The minimum atomic E-state index is -4.24. The van der Waals surface area contributed by atoms with E-state index in [2.05, 4.69) is 5.32 Å². The van der Waals surface area contributed by atoms with Gasteiger partial charge in [-0.15, -0.1) is 0 Å². The number of amides is 1. The maximum absolute atomic E-state index is 14.8. The first kappa shape index (κ1) is 28.9. The Kier molecular flexibility index (Phi) is 10.4. The normalized spacial score (nSPS) is 13.3. The highest BCUT2D eigenvalue weighted by Crippen LogP contribution is 2.32. The summed E-state index contributed by atoms with van der Waals surface area (Å²) in [4.78, 5) is 24.5. The molecule has 0 bridgehead atoms. The van der Waals surface area contributed by atoms with Gasteiger partial charge in [0.1, 0.15) is 11.9 Å². The summed E-state index contributed by atoms with van der Waals surface area (Å²) in [5, 5.41) is 3.13. The van der Waals surface area contributed by atoms with Crippen LogP contribution >= 0.6 is 23.2 Å². The first-order chi connectivity index (χ1) is 16.4. The number of rotatable bonds is 11. The number of methoxy groups -OCH3 is 1. The van der Waals surface area contributed by atoms with Crippen LogP contribution in [0.1, 0.15) is 40.0 Å². The van der Waals surface area contributed by atoms with Crippen LogP contribution in [0, 0.1) is 11.7 Å². The topological polar surface area (TPSA) is 92.8 Å². The van der Waals surface area contributed by atoms with Crippen molar-refractivity contribution in [2.75, 3.05) is 11.4 Å². The third-order valence-electron chi connectivity index (χ3n) is 5.23. The van der Waals surface area contributed by atoms with Crippen LogP contribution in [0.25, 0.3) is 0 Å². The van der Waals surface area contributed by atoms with Crippen LogP contribution in [0.3, 0.4) is 0 Å². The standard InChI is InChI=1S/C24H29Cl2FN2O5S/c1-15(2)13-21(24(31)34-4)28-23(30)12-5-16(3)29(22-14-18(26)8-11-20(22)27)35(32,33)19-9-6-17(25)7-10-19/h6-11,14-16,21H,5,12-13H2,1-4H3,(H,28,30)/t16-,21+/m1/s1. The summed E-state index contributed by atoms with van der Waals surface area (Å²) in [5.74, 6) is -1.67. The van der Waals surface area contributed by atoms with Gasteiger partial charge in [0.25, 0.3) is 10.0 Å². The van der Waals surface area contributed by atoms with Gasteiger partial charge in [0.15, 0.2) is 0 Å². The molecule has 0 saturated carbocycles. The summed E-state index contributed by atoms with van der Waals surface area (Å²) in [6.45, 7) is 5.37. The molecule has 0 aliphatic rings. The number of anilines is 1. The lowest BCUT2D eigenvalue weighted by Gasteiger charge is -2.31. The predicted molar refractivity (Wildman–Crippen MR) is 135 cm³/mol. The molecule has 2 atom stereocenters. The molecular weight excluding hydrogens is 518 g/mol. The molecule has 192 valence electrons. The van der Waals surface area contributed by atoms with Crippen molar-refractivity contribution in [3.05, 3.63) is 58.3 Å². The monoisotopic (exact) mass is 546 g/mol. The van der Waals surface area contributed by atoms with Gasteiger partial charge < -0.3 is 10.1 Å². The van der Waals surface area contributed by atoms with E-state index in [9.17, 15) is 22.4 Å². The van der Waals surface area contributed by atoms with Crippen LogP contribution < -0.4 is 9.62 Å². The fourth-order valence-electron chi connectivity index (χ4n) is 3.53. The fraction of sp³-hybridized carbons (Fsp3) is 0.417. The molecule has 7 nitrogen and oxygen atoms in total. The number of nitrogens with one attached hydrogen (secondary N) is 1. The van der Waals surface area contributed by atoms with Gasteiger partial charge in [0.2, 0.25) is 5.91 Å². The van der Waals surface area contributed by atoms with E-state index in [1.807, 2.05) is 13.8 Å². The van der Waals surface area contributed by atoms with E-state index >= 15 is 0 Å². The smallest absolute Gasteiger partial charge is 0.328 e. The first-order valence-corrected chi connectivity index (χ1v) is 13.2. The molecule has 2 aromatic rings. The zero-order valence-corrected chi connectivity index (χ0v) is 22.3. The van der Waals surface area contributed by atoms with Crippen LogP contribution in [0.2, 0.25) is 10.0 Å². The van der Waals surface area contributed by atoms with Gasteiger partial charge in [-0.25, -0.2) is 17.6 Å². The lowest BCUT2D eigenvalue weighted by molar-refractivity contribution is -0.145. The van der Waals surface area contributed by atoms with Crippen LogP contribution in [-0.4, -0.2) is 39.5 Å². The van der Waals surface area contributed by atoms with Crippen molar-refractivity contribution in [1.82, 2.24) is 5.32 Å². The summed E-state index contributed by atoms with van der Waals surface area (Å²) in [5.41, 5.74) is -0.243. The predicted octanol–water partition coefficient (Wildman–Crippen LogP) is 5.20. The maximum atomic E-state index is 14.8. The quantitative estimate of drug-likeness (QED) is 0.391. The number of sulfonamides is 1. The molecule has 35 heavy (non-hydrogen) atoms. The second-order valence-corrected chi connectivity index (χ2v) is 11.2. The van der Waals surface area contributed by atoms with Gasteiger partial charge in [-0.05, 0) is 68.1 Å². The molecule has 1 N–H and O–H groups in total. The van der Waals surface area contributed by atoms with Crippen molar-refractivity contribution in [3.8, 4) is 0 Å². The summed E-state index contributed by atoms with van der Waals surface area (Å²) in [7, 11) is -3.00. The van der Waals surface area contributed by atoms with Crippen molar-refractivity contribution >= 4 is 50.8 Å². The number of carbonyl (C=O) groups excluding carboxylic acids is 2. The van der Waals surface area contributed by atoms with Crippen molar-refractivity contribution in [2.24, 2.45) is 5.92 Å². The molecule has 0 aromatic heterocycles. The number of hydrogen-bond acceptors (Lipinski definition) is 5. The first-order valence-electron chi connectivity index (χ1n) is 11.0. The van der Waals surface area contributed by atoms with Crippen LogP contribution in [0.4, 0.5) is 10.1 Å². The number of carbonyl (C=O) groups is 2. The number of benzene rings is 2. The maximum Gasteiger partial charge on any atom is 0.328 e. The molecule has 0 unspecified atom stereocenters. The van der Waals surface area contributed by atoms with E-state index in [0.29, 0.717) is 11.4 Å². The Labute approximate surface area is 215 Å². The Morgan fingerprint density at radius 2 is 1.66 bits per heavy atom. The van der Waals surface area contributed by atoms with Gasteiger partial charge in [-0.1, -0.05) is 37.0 Å². The molecule has 0 aliphatic heterocycles. The zero-order valence-electron chi connectivity index (χ0n) is 19.9. The molecule has 0 fully saturated rings. The van der Waals surface area contributed by atoms with E-state index in [0.717, 1.165) is 10.4 Å². The Hall–Kier alpha value is -2.36. The van der Waals surface area contributed by atoms with Crippen LogP contribution in [0.15, 0.2) is 47.4 Å². The molecule has 0 saturated heterocycles. The van der Waals surface area contributed by atoms with Gasteiger partial charge in [0.05, 0.1) is 17.7 Å². The van der Waals surface area contributed by atoms with E-state index in [1.165, 1.54) is 43.5 Å². The Bertz CT molecular complexity index is 1140. The third-order valence-corrected chi connectivity index (χ3v) is 7.66. The molecule has 0 heterocycles. The van der Waals surface area contributed by atoms with Gasteiger partial charge in [-0.3, -0.25) is 9.10 Å². The lowest BCUT2D eigenvalue weighted by atomic mass is 10.0. The van der Waals surface area contributed by atoms with Gasteiger partial charge in [0, 0.05) is 22.5 Å². The van der Waals surface area contributed by atoms with Crippen molar-refractivity contribution in [2.45, 2.75) is 57.0 Å². The SMILES string of the molecule is COC(=O)[C@H](CC(C)C)NC(=O)CC[C@@H](C)N(c1cc(Cl)ccc1F)S(=O)(=O)c1ccc(Cl)cc1. The molecule has 2 rings (SSSR count). The number of esters is 1. The lowest BCUT2D eigenvalue weighted by Crippen LogP contribution is -2.43. The molecular formula is C24H29Cl2FN2O5S. The Morgan fingerprint density at radius 3 is 2.23 bits per heavy atom. The minimum Gasteiger partial charge on any atom is -0.467 e. The highest BCUT2D eigenvalue weighted by molar-refractivity contribution is 7.92. The van der Waals surface area contributed by atoms with Crippen LogP contribution in [-0.2, 0) is 24.3 Å². The van der Waals surface area contributed by atoms with Crippen molar-refractivity contribution < 1.29 is 27.1 Å². The Balaban J connectivity index is 2.32. The van der Waals surface area contributed by atoms with E-state index < -0.39 is 39.8 Å². The van der Waals surface area contributed by atoms with E-state index in [4.69, 9.17) is 27.9 Å². The summed E-state index contributed by atoms with van der Waals surface area (Å²) in [6.07, 6.45) is 0.320. The second-order valence-electron chi connectivity index (χ2n) is 8.51. The zero-order chi connectivity index (χ0) is 26.3. The molecule has 1 amide bonds. The number of hydrogen-bond donors (Lipinski definition) is 1. The molecule has 2 aromatic carbocycles. The Morgan fingerprint density at radius 1 is 1.06 bits per heavy atom. The third kappa shape index (κ3) is 7.81. The van der Waals surface area contributed by atoms with Crippen molar-refractivity contribution in [1.29, 1.82) is 0 Å². The molecule has 0 aliphatic carbocycles. The fourth-order valence-corrected chi connectivity index (χ4v) is 5.51.